The molecule has 0 amide bonds. The Hall–Kier alpha value is -2.44. The van der Waals surface area contributed by atoms with E-state index in [1.165, 1.54) is 4.31 Å². The first kappa shape index (κ1) is 18.4. The molecule has 3 aromatic rings. The maximum absolute atomic E-state index is 13.0. The molecule has 0 saturated carbocycles. The van der Waals surface area contributed by atoms with Gasteiger partial charge in [0.25, 0.3) is 0 Å². The van der Waals surface area contributed by atoms with Crippen molar-refractivity contribution in [2.24, 2.45) is 0 Å². The van der Waals surface area contributed by atoms with Crippen molar-refractivity contribution in [3.05, 3.63) is 83.4 Å². The van der Waals surface area contributed by atoms with E-state index in [0.717, 1.165) is 16.7 Å². The zero-order valence-corrected chi connectivity index (χ0v) is 16.1. The van der Waals surface area contributed by atoms with Crippen LogP contribution in [0.3, 0.4) is 0 Å². The fraction of sp³-hybridized carbons (Fsp3) is 0.250. The lowest BCUT2D eigenvalue weighted by Gasteiger charge is -2.19. The molecule has 0 unspecified atom stereocenters. The van der Waals surface area contributed by atoms with Gasteiger partial charge in [0.05, 0.1) is 11.4 Å². The minimum Gasteiger partial charge on any atom is -0.329 e. The summed E-state index contributed by atoms with van der Waals surface area (Å²) in [6.07, 6.45) is 3.58. The average Bonchev–Trinajstić information content (AvgIpc) is 3.04. The van der Waals surface area contributed by atoms with E-state index in [4.69, 9.17) is 0 Å². The van der Waals surface area contributed by atoms with Gasteiger partial charge in [-0.05, 0) is 36.6 Å². The summed E-state index contributed by atoms with van der Waals surface area (Å²) in [6, 6.07) is 15.5. The van der Waals surface area contributed by atoms with E-state index in [-0.39, 0.29) is 6.54 Å². The quantitative estimate of drug-likeness (QED) is 0.669. The fourth-order valence-electron chi connectivity index (χ4n) is 2.85. The van der Waals surface area contributed by atoms with Crippen molar-refractivity contribution in [3.8, 4) is 0 Å². The fourth-order valence-corrected chi connectivity index (χ4v) is 4.28. The lowest BCUT2D eigenvalue weighted by molar-refractivity contribution is 0.448. The van der Waals surface area contributed by atoms with Crippen molar-refractivity contribution in [2.75, 3.05) is 7.05 Å². The molecule has 0 N–H and O–H groups in total. The number of imidazole rings is 1. The van der Waals surface area contributed by atoms with Crippen LogP contribution in [-0.4, -0.2) is 29.3 Å². The van der Waals surface area contributed by atoms with E-state index < -0.39 is 10.0 Å². The van der Waals surface area contributed by atoms with Crippen LogP contribution in [0, 0.1) is 13.8 Å². The van der Waals surface area contributed by atoms with Crippen LogP contribution in [0.2, 0.25) is 0 Å². The van der Waals surface area contributed by atoms with Crippen molar-refractivity contribution in [1.82, 2.24) is 13.9 Å². The number of hydrogen-bond donors (Lipinski definition) is 0. The van der Waals surface area contributed by atoms with E-state index in [1.807, 2.05) is 67.1 Å². The summed E-state index contributed by atoms with van der Waals surface area (Å²) in [5, 5.41) is 0. The number of aromatic nitrogens is 2. The molecule has 0 atom stereocenters. The smallest absolute Gasteiger partial charge is 0.243 e. The number of nitrogens with zero attached hydrogens (tertiary/aromatic N) is 3. The first-order chi connectivity index (χ1) is 12.4. The standard InChI is InChI=1S/C20H23N3O2S/c1-16-9-10-17(2)19(13-16)26(24,25)22(3)15-20-21-11-12-23(20)14-18-7-5-4-6-8-18/h4-13H,14-15H2,1-3H3. The molecule has 5 nitrogen and oxygen atoms in total. The van der Waals surface area contributed by atoms with Crippen LogP contribution in [-0.2, 0) is 23.1 Å². The third-order valence-corrected chi connectivity index (χ3v) is 6.34. The van der Waals surface area contributed by atoms with Gasteiger partial charge in [0, 0.05) is 26.0 Å². The van der Waals surface area contributed by atoms with Gasteiger partial charge >= 0.3 is 0 Å². The Balaban J connectivity index is 1.83. The van der Waals surface area contributed by atoms with E-state index in [2.05, 4.69) is 4.98 Å². The summed E-state index contributed by atoms with van der Waals surface area (Å²) < 4.78 is 29.3. The van der Waals surface area contributed by atoms with Gasteiger partial charge in [-0.15, -0.1) is 0 Å². The molecule has 136 valence electrons. The summed E-state index contributed by atoms with van der Waals surface area (Å²) in [6.45, 7) is 4.59. The third kappa shape index (κ3) is 3.86. The highest BCUT2D eigenvalue weighted by Crippen LogP contribution is 2.21. The van der Waals surface area contributed by atoms with Crippen molar-refractivity contribution in [3.63, 3.8) is 0 Å². The number of sulfonamides is 1. The van der Waals surface area contributed by atoms with Crippen LogP contribution in [0.15, 0.2) is 65.8 Å². The molecule has 0 fully saturated rings. The second-order valence-corrected chi connectivity index (χ2v) is 8.50. The van der Waals surface area contributed by atoms with Crippen molar-refractivity contribution < 1.29 is 8.42 Å². The molecule has 1 aromatic heterocycles. The van der Waals surface area contributed by atoms with Crippen molar-refractivity contribution >= 4 is 10.0 Å². The van der Waals surface area contributed by atoms with Gasteiger partial charge in [-0.1, -0.05) is 42.5 Å². The molecule has 0 aliphatic carbocycles. The molecule has 6 heteroatoms. The summed E-state index contributed by atoms with van der Waals surface area (Å²) in [4.78, 5) is 4.70. The van der Waals surface area contributed by atoms with Crippen LogP contribution < -0.4 is 0 Å². The van der Waals surface area contributed by atoms with Gasteiger partial charge in [-0.3, -0.25) is 0 Å². The molecule has 1 heterocycles. The minimum atomic E-state index is -3.58. The highest BCUT2D eigenvalue weighted by atomic mass is 32.2. The van der Waals surface area contributed by atoms with Gasteiger partial charge < -0.3 is 4.57 Å². The Labute approximate surface area is 155 Å². The Bertz CT molecular complexity index is 995. The highest BCUT2D eigenvalue weighted by molar-refractivity contribution is 7.89. The van der Waals surface area contributed by atoms with Gasteiger partial charge in [0.2, 0.25) is 10.0 Å². The average molecular weight is 369 g/mol. The number of aryl methyl sites for hydroxylation is 2. The van der Waals surface area contributed by atoms with Crippen molar-refractivity contribution in [1.29, 1.82) is 0 Å². The minimum absolute atomic E-state index is 0.218. The number of rotatable bonds is 6. The van der Waals surface area contributed by atoms with E-state index in [0.29, 0.717) is 17.3 Å². The normalized spacial score (nSPS) is 11.8. The second-order valence-electron chi connectivity index (χ2n) is 6.49. The van der Waals surface area contributed by atoms with E-state index in [9.17, 15) is 8.42 Å². The highest BCUT2D eigenvalue weighted by Gasteiger charge is 2.24. The molecular formula is C20H23N3O2S. The van der Waals surface area contributed by atoms with E-state index in [1.54, 1.807) is 19.3 Å². The molecule has 2 aromatic carbocycles. The zero-order valence-electron chi connectivity index (χ0n) is 15.3. The van der Waals surface area contributed by atoms with Gasteiger partial charge in [0.15, 0.2) is 0 Å². The molecule has 26 heavy (non-hydrogen) atoms. The Kier molecular flexibility index (Phi) is 5.25. The lowest BCUT2D eigenvalue weighted by atomic mass is 10.2. The topological polar surface area (TPSA) is 55.2 Å². The van der Waals surface area contributed by atoms with E-state index >= 15 is 0 Å². The summed E-state index contributed by atoms with van der Waals surface area (Å²) in [5.41, 5.74) is 2.81. The van der Waals surface area contributed by atoms with Crippen LogP contribution in [0.25, 0.3) is 0 Å². The predicted molar refractivity (Wildman–Crippen MR) is 102 cm³/mol. The third-order valence-electron chi connectivity index (χ3n) is 4.39. The first-order valence-electron chi connectivity index (χ1n) is 8.45. The van der Waals surface area contributed by atoms with Gasteiger partial charge in [0.1, 0.15) is 5.82 Å². The second kappa shape index (κ2) is 7.43. The molecule has 0 aliphatic heterocycles. The summed E-state index contributed by atoms with van der Waals surface area (Å²) in [5.74, 6) is 0.713. The van der Waals surface area contributed by atoms with Gasteiger partial charge in [-0.25, -0.2) is 13.4 Å². The lowest BCUT2D eigenvalue weighted by Crippen LogP contribution is -2.28. The molecule has 0 radical (unpaired) electrons. The Morgan fingerprint density at radius 1 is 1.08 bits per heavy atom. The SMILES string of the molecule is Cc1ccc(C)c(S(=O)(=O)N(C)Cc2nccn2Cc2ccccc2)c1. The summed E-state index contributed by atoms with van der Waals surface area (Å²) in [7, 11) is -1.98. The molecular weight excluding hydrogens is 346 g/mol. The molecule has 0 spiro atoms. The predicted octanol–water partition coefficient (Wildman–Crippen LogP) is 3.37. The van der Waals surface area contributed by atoms with Crippen LogP contribution >= 0.6 is 0 Å². The summed E-state index contributed by atoms with van der Waals surface area (Å²) >= 11 is 0. The molecule has 0 saturated heterocycles. The molecule has 0 aliphatic rings. The maximum Gasteiger partial charge on any atom is 0.243 e. The van der Waals surface area contributed by atoms with Crippen LogP contribution in [0.4, 0.5) is 0 Å². The molecule has 0 bridgehead atoms. The Morgan fingerprint density at radius 3 is 2.54 bits per heavy atom. The van der Waals surface area contributed by atoms with Gasteiger partial charge in [-0.2, -0.15) is 4.31 Å². The number of benzene rings is 2. The largest absolute Gasteiger partial charge is 0.329 e. The van der Waals surface area contributed by atoms with Crippen LogP contribution in [0.5, 0.6) is 0 Å². The first-order valence-corrected chi connectivity index (χ1v) is 9.89. The molecule has 3 rings (SSSR count). The van der Waals surface area contributed by atoms with Crippen molar-refractivity contribution in [2.45, 2.75) is 31.8 Å². The maximum atomic E-state index is 13.0. The monoisotopic (exact) mass is 369 g/mol. The Morgan fingerprint density at radius 2 is 1.81 bits per heavy atom. The zero-order chi connectivity index (χ0) is 18.7. The number of hydrogen-bond acceptors (Lipinski definition) is 3. The van der Waals surface area contributed by atoms with Crippen LogP contribution in [0.1, 0.15) is 22.5 Å².